The first kappa shape index (κ1) is 26.0. The number of hydrogen-bond donors (Lipinski definition) is 3. The number of hydrogen-bond acceptors (Lipinski definition) is 4. The molecule has 0 aliphatic carbocycles. The van der Waals surface area contributed by atoms with Crippen LogP contribution in [0.25, 0.3) is 32.9 Å². The fourth-order valence-electron chi connectivity index (χ4n) is 5.80. The van der Waals surface area contributed by atoms with Crippen molar-refractivity contribution in [2.75, 3.05) is 31.6 Å². The van der Waals surface area contributed by atoms with E-state index in [0.717, 1.165) is 57.1 Å². The smallest absolute Gasteiger partial charge is 0.272 e. The van der Waals surface area contributed by atoms with Crippen molar-refractivity contribution in [1.29, 1.82) is 0 Å². The van der Waals surface area contributed by atoms with Crippen LogP contribution < -0.4 is 20.5 Å². The van der Waals surface area contributed by atoms with Gasteiger partial charge in [-0.15, -0.1) is 0 Å². The molecule has 1 amide bonds. The molecule has 8 heteroatoms. The van der Waals surface area contributed by atoms with E-state index in [9.17, 15) is 9.59 Å². The van der Waals surface area contributed by atoms with Gasteiger partial charge in [0.05, 0.1) is 13.0 Å². The van der Waals surface area contributed by atoms with Gasteiger partial charge in [-0.2, -0.15) is 0 Å². The van der Waals surface area contributed by atoms with Crippen LogP contribution in [0.2, 0.25) is 5.02 Å². The van der Waals surface area contributed by atoms with Crippen molar-refractivity contribution in [3.8, 4) is 16.9 Å². The summed E-state index contributed by atoms with van der Waals surface area (Å²) >= 11 is 6.39. The highest BCUT2D eigenvalue weighted by atomic mass is 35.5. The Hall–Kier alpha value is -4.23. The zero-order valence-corrected chi connectivity index (χ0v) is 23.1. The molecule has 0 saturated carbocycles. The van der Waals surface area contributed by atoms with Crippen LogP contribution >= 0.6 is 11.6 Å². The summed E-state index contributed by atoms with van der Waals surface area (Å²) in [5.41, 5.74) is 5.12. The number of aromatic nitrogens is 2. The van der Waals surface area contributed by atoms with E-state index in [4.69, 9.17) is 16.3 Å². The fourth-order valence-corrected chi connectivity index (χ4v) is 5.98. The molecule has 0 unspecified atom stereocenters. The minimum Gasteiger partial charge on any atom is -0.497 e. The third kappa shape index (κ3) is 5.05. The zero-order chi connectivity index (χ0) is 27.6. The van der Waals surface area contributed by atoms with Gasteiger partial charge < -0.3 is 24.9 Å². The maximum Gasteiger partial charge on any atom is 0.272 e. The number of fused-ring (bicyclic) bond motifs is 2. The maximum atomic E-state index is 13.5. The molecular weight excluding hydrogens is 524 g/mol. The molecule has 3 heterocycles. The van der Waals surface area contributed by atoms with Gasteiger partial charge in [-0.1, -0.05) is 41.9 Å². The minimum atomic E-state index is -0.213. The van der Waals surface area contributed by atoms with Gasteiger partial charge in [-0.3, -0.25) is 9.59 Å². The number of nitrogens with zero attached hydrogens (tertiary/aromatic N) is 1. The first-order valence-corrected chi connectivity index (χ1v) is 14.0. The van der Waals surface area contributed by atoms with E-state index in [1.165, 1.54) is 0 Å². The Morgan fingerprint density at radius 3 is 2.73 bits per heavy atom. The van der Waals surface area contributed by atoms with Gasteiger partial charge in [0.1, 0.15) is 11.4 Å². The minimum absolute atomic E-state index is 0.0173. The first-order valence-electron chi connectivity index (χ1n) is 13.6. The summed E-state index contributed by atoms with van der Waals surface area (Å²) in [7, 11) is 1.66. The monoisotopic (exact) mass is 554 g/mol. The van der Waals surface area contributed by atoms with E-state index in [1.54, 1.807) is 13.2 Å². The highest BCUT2D eigenvalue weighted by molar-refractivity contribution is 6.31. The summed E-state index contributed by atoms with van der Waals surface area (Å²) in [6.07, 6.45) is 4.30. The van der Waals surface area contributed by atoms with Crippen molar-refractivity contribution in [1.82, 2.24) is 15.3 Å². The Kier molecular flexibility index (Phi) is 7.22. The molecule has 2 aromatic heterocycles. The Morgan fingerprint density at radius 2 is 1.90 bits per heavy atom. The molecule has 0 spiro atoms. The van der Waals surface area contributed by atoms with Crippen LogP contribution in [0.5, 0.6) is 5.75 Å². The lowest BCUT2D eigenvalue weighted by Gasteiger charge is -2.34. The van der Waals surface area contributed by atoms with Gasteiger partial charge in [0.2, 0.25) is 5.91 Å². The standard InChI is InChI=1S/C32H31ClN4O3/c1-40-24-10-12-27-25(17-24)21(18-35-27)13-14-34-31(38)22-8-5-15-37(19-22)30-29(20-6-3-2-4-7-20)26-16-23(33)9-11-28(26)36-32(30)39/h2-4,6-7,9-12,16-18,22,35H,5,8,13-15,19H2,1H3,(H,34,38)(H,36,39)/t22-/m1/s1. The number of rotatable bonds is 7. The van der Waals surface area contributed by atoms with Crippen molar-refractivity contribution in [2.45, 2.75) is 19.3 Å². The summed E-state index contributed by atoms with van der Waals surface area (Å²) in [6, 6.07) is 21.4. The van der Waals surface area contributed by atoms with Crippen LogP contribution in [0.4, 0.5) is 5.69 Å². The number of benzene rings is 3. The van der Waals surface area contributed by atoms with Gasteiger partial charge in [0.15, 0.2) is 0 Å². The lowest BCUT2D eigenvalue weighted by Crippen LogP contribution is -2.45. The summed E-state index contributed by atoms with van der Waals surface area (Å²) in [5.74, 6) is 0.610. The molecule has 1 aliphatic rings. The summed E-state index contributed by atoms with van der Waals surface area (Å²) in [6.45, 7) is 1.71. The number of nitrogens with one attached hydrogen (secondary N) is 3. The topological polar surface area (TPSA) is 90.2 Å². The number of carbonyl (C=O) groups excluding carboxylic acids is 1. The van der Waals surface area contributed by atoms with Crippen LogP contribution in [-0.4, -0.2) is 42.6 Å². The molecule has 40 heavy (non-hydrogen) atoms. The van der Waals surface area contributed by atoms with Gasteiger partial charge in [0.25, 0.3) is 5.56 Å². The summed E-state index contributed by atoms with van der Waals surface area (Å²) in [4.78, 5) is 35.2. The second kappa shape index (κ2) is 11.1. The largest absolute Gasteiger partial charge is 0.497 e. The fraction of sp³-hybridized carbons (Fsp3) is 0.250. The number of carbonyl (C=O) groups is 1. The van der Waals surface area contributed by atoms with E-state index in [-0.39, 0.29) is 17.4 Å². The Bertz CT molecular complexity index is 1740. The van der Waals surface area contributed by atoms with Gasteiger partial charge in [-0.05, 0) is 66.8 Å². The molecule has 3 aromatic carbocycles. The lowest BCUT2D eigenvalue weighted by molar-refractivity contribution is -0.125. The van der Waals surface area contributed by atoms with Crippen LogP contribution in [0.3, 0.4) is 0 Å². The highest BCUT2D eigenvalue weighted by Crippen LogP contribution is 2.37. The van der Waals surface area contributed by atoms with E-state index in [0.29, 0.717) is 36.8 Å². The van der Waals surface area contributed by atoms with Crippen LogP contribution in [0, 0.1) is 5.92 Å². The number of ether oxygens (including phenoxy) is 1. The molecule has 1 atom stereocenters. The van der Waals surface area contributed by atoms with Gasteiger partial charge >= 0.3 is 0 Å². The quantitative estimate of drug-likeness (QED) is 0.233. The Labute approximate surface area is 237 Å². The van der Waals surface area contributed by atoms with E-state index < -0.39 is 0 Å². The van der Waals surface area contributed by atoms with E-state index >= 15 is 0 Å². The molecule has 0 radical (unpaired) electrons. The molecule has 1 aliphatic heterocycles. The number of aromatic amines is 2. The number of amides is 1. The molecule has 0 bridgehead atoms. The molecule has 1 fully saturated rings. The first-order chi connectivity index (χ1) is 19.5. The van der Waals surface area contributed by atoms with Crippen molar-refractivity contribution in [3.05, 3.63) is 93.9 Å². The molecule has 5 aromatic rings. The number of pyridine rings is 1. The van der Waals surface area contributed by atoms with Gasteiger partial charge in [-0.25, -0.2) is 0 Å². The predicted molar refractivity (Wildman–Crippen MR) is 162 cm³/mol. The Morgan fingerprint density at radius 1 is 1.07 bits per heavy atom. The second-order valence-electron chi connectivity index (χ2n) is 10.3. The summed E-state index contributed by atoms with van der Waals surface area (Å²) in [5, 5.41) is 5.73. The van der Waals surface area contributed by atoms with E-state index in [2.05, 4.69) is 20.2 Å². The lowest BCUT2D eigenvalue weighted by atomic mass is 9.94. The van der Waals surface area contributed by atoms with Crippen LogP contribution in [-0.2, 0) is 11.2 Å². The van der Waals surface area contributed by atoms with E-state index in [1.807, 2.05) is 66.9 Å². The van der Waals surface area contributed by atoms with Crippen molar-refractivity contribution >= 4 is 45.0 Å². The molecule has 7 nitrogen and oxygen atoms in total. The summed E-state index contributed by atoms with van der Waals surface area (Å²) < 4.78 is 5.37. The maximum absolute atomic E-state index is 13.5. The average Bonchev–Trinajstić information content (AvgIpc) is 3.39. The van der Waals surface area contributed by atoms with Crippen molar-refractivity contribution in [2.24, 2.45) is 5.92 Å². The number of anilines is 1. The molecular formula is C32H31ClN4O3. The number of H-pyrrole nitrogens is 2. The molecule has 204 valence electrons. The second-order valence-corrected chi connectivity index (χ2v) is 10.7. The molecule has 3 N–H and O–H groups in total. The normalized spacial score (nSPS) is 15.4. The number of piperidine rings is 1. The van der Waals surface area contributed by atoms with Crippen molar-refractivity contribution in [3.63, 3.8) is 0 Å². The predicted octanol–water partition coefficient (Wildman–Crippen LogP) is 5.91. The Balaban J connectivity index is 1.23. The van der Waals surface area contributed by atoms with Crippen LogP contribution in [0.15, 0.2) is 77.7 Å². The van der Waals surface area contributed by atoms with Crippen LogP contribution in [0.1, 0.15) is 18.4 Å². The van der Waals surface area contributed by atoms with Gasteiger partial charge in [0, 0.05) is 58.2 Å². The highest BCUT2D eigenvalue weighted by Gasteiger charge is 2.29. The molecule has 1 saturated heterocycles. The average molecular weight is 555 g/mol. The number of methoxy groups -OCH3 is 1. The van der Waals surface area contributed by atoms with Crippen molar-refractivity contribution < 1.29 is 9.53 Å². The third-order valence-corrected chi connectivity index (χ3v) is 8.03. The number of halogens is 1. The molecule has 6 rings (SSSR count). The zero-order valence-electron chi connectivity index (χ0n) is 22.3. The SMILES string of the molecule is COc1ccc2[nH]cc(CCNC(=O)[C@@H]3CCCN(c4c(-c5ccccc5)c5cc(Cl)ccc5[nH]c4=O)C3)c2c1. The third-order valence-electron chi connectivity index (χ3n) is 7.79.